The fourth-order valence-electron chi connectivity index (χ4n) is 3.56. The van der Waals surface area contributed by atoms with Gasteiger partial charge in [-0.1, -0.05) is 36.8 Å². The fourth-order valence-corrected chi connectivity index (χ4v) is 4.56. The number of hydrogen-bond donors (Lipinski definition) is 1. The minimum Gasteiger partial charge on any atom is -0.348 e. The maximum absolute atomic E-state index is 12.4. The maximum atomic E-state index is 12.4. The smallest absolute Gasteiger partial charge is 0.251 e. The van der Waals surface area contributed by atoms with Gasteiger partial charge in [-0.05, 0) is 61.7 Å². The third kappa shape index (κ3) is 5.42. The Hall–Kier alpha value is -2.18. The quantitative estimate of drug-likeness (QED) is 0.808. The van der Waals surface area contributed by atoms with Crippen LogP contribution in [0.5, 0.6) is 0 Å². The van der Waals surface area contributed by atoms with Crippen molar-refractivity contribution in [3.63, 3.8) is 0 Å². The number of carbonyl (C=O) groups is 1. The van der Waals surface area contributed by atoms with Crippen molar-refractivity contribution >= 4 is 15.7 Å². The molecule has 1 fully saturated rings. The van der Waals surface area contributed by atoms with Gasteiger partial charge in [-0.2, -0.15) is 0 Å². The molecule has 1 aliphatic rings. The van der Waals surface area contributed by atoms with Crippen LogP contribution in [-0.2, 0) is 22.9 Å². The molecule has 6 heteroatoms. The molecule has 0 unspecified atom stereocenters. The van der Waals surface area contributed by atoms with Gasteiger partial charge in [0.05, 0.1) is 4.90 Å². The summed E-state index contributed by atoms with van der Waals surface area (Å²) in [7, 11) is -3.36. The Bertz CT molecular complexity index is 931. The van der Waals surface area contributed by atoms with E-state index >= 15 is 0 Å². The first-order valence-electron chi connectivity index (χ1n) is 9.72. The molecule has 1 N–H and O–H groups in total. The zero-order valence-electron chi connectivity index (χ0n) is 16.6. The number of likely N-dealkylation sites (tertiary alicyclic amines) is 1. The highest BCUT2D eigenvalue weighted by Crippen LogP contribution is 2.17. The van der Waals surface area contributed by atoms with Crippen molar-refractivity contribution in [2.45, 2.75) is 44.2 Å². The highest BCUT2D eigenvalue weighted by Gasteiger charge is 2.15. The van der Waals surface area contributed by atoms with Crippen LogP contribution in [0.3, 0.4) is 0 Å². The van der Waals surface area contributed by atoms with Gasteiger partial charge >= 0.3 is 0 Å². The Kier molecular flexibility index (Phi) is 6.52. The predicted octanol–water partition coefficient (Wildman–Crippen LogP) is 3.31. The van der Waals surface area contributed by atoms with Gasteiger partial charge in [-0.3, -0.25) is 9.69 Å². The third-order valence-electron chi connectivity index (χ3n) is 5.18. The summed E-state index contributed by atoms with van der Waals surface area (Å²) in [6, 6.07) is 13.1. The predicted molar refractivity (Wildman–Crippen MR) is 111 cm³/mol. The Balaban J connectivity index is 1.58. The van der Waals surface area contributed by atoms with Crippen molar-refractivity contribution in [1.82, 2.24) is 10.2 Å². The monoisotopic (exact) mass is 400 g/mol. The Morgan fingerprint density at radius 3 is 2.29 bits per heavy atom. The molecule has 0 aromatic heterocycles. The number of piperidine rings is 1. The third-order valence-corrected chi connectivity index (χ3v) is 6.42. The summed E-state index contributed by atoms with van der Waals surface area (Å²) in [5.74, 6) is -0.276. The van der Waals surface area contributed by atoms with Crippen molar-refractivity contribution in [3.8, 4) is 0 Å². The van der Waals surface area contributed by atoms with Crippen LogP contribution in [0.4, 0.5) is 0 Å². The van der Waals surface area contributed by atoms with E-state index in [1.165, 1.54) is 44.0 Å². The number of benzene rings is 2. The van der Waals surface area contributed by atoms with Crippen LogP contribution in [-0.4, -0.2) is 38.6 Å². The number of aryl methyl sites for hydroxylation is 1. The summed E-state index contributed by atoms with van der Waals surface area (Å²) in [5, 5.41) is 2.87. The topological polar surface area (TPSA) is 66.5 Å². The summed E-state index contributed by atoms with van der Waals surface area (Å²) in [6.07, 6.45) is 5.05. The zero-order chi connectivity index (χ0) is 20.1. The van der Waals surface area contributed by atoms with Crippen molar-refractivity contribution in [3.05, 3.63) is 64.7 Å². The van der Waals surface area contributed by atoms with E-state index < -0.39 is 9.84 Å². The molecule has 0 atom stereocenters. The van der Waals surface area contributed by atoms with E-state index in [0.29, 0.717) is 17.7 Å². The Morgan fingerprint density at radius 1 is 1.00 bits per heavy atom. The SMILES string of the molecule is Cc1ccc(C(=O)NCc2ccc(CN3CCCCC3)cc2)cc1S(C)(=O)=O. The molecule has 1 saturated heterocycles. The van der Waals surface area contributed by atoms with E-state index in [-0.39, 0.29) is 10.8 Å². The lowest BCUT2D eigenvalue weighted by Gasteiger charge is -2.26. The molecule has 1 heterocycles. The lowest BCUT2D eigenvalue weighted by molar-refractivity contribution is 0.0950. The fraction of sp³-hybridized carbons (Fsp3) is 0.409. The molecule has 5 nitrogen and oxygen atoms in total. The second-order valence-electron chi connectivity index (χ2n) is 7.59. The van der Waals surface area contributed by atoms with E-state index in [9.17, 15) is 13.2 Å². The summed E-state index contributed by atoms with van der Waals surface area (Å²) in [4.78, 5) is 15.1. The second-order valence-corrected chi connectivity index (χ2v) is 9.57. The van der Waals surface area contributed by atoms with Crippen molar-refractivity contribution in [2.75, 3.05) is 19.3 Å². The molecular weight excluding hydrogens is 372 g/mol. The van der Waals surface area contributed by atoms with Crippen LogP contribution in [0.1, 0.15) is 46.3 Å². The normalized spacial score (nSPS) is 15.4. The van der Waals surface area contributed by atoms with E-state index in [0.717, 1.165) is 18.4 Å². The second kappa shape index (κ2) is 8.88. The summed E-state index contributed by atoms with van der Waals surface area (Å²) in [6.45, 7) is 5.45. The highest BCUT2D eigenvalue weighted by molar-refractivity contribution is 7.90. The molecule has 2 aromatic rings. The first-order valence-corrected chi connectivity index (χ1v) is 11.6. The van der Waals surface area contributed by atoms with Gasteiger partial charge in [0.1, 0.15) is 0 Å². The lowest BCUT2D eigenvalue weighted by atomic mass is 10.1. The minimum absolute atomic E-state index is 0.196. The van der Waals surface area contributed by atoms with Crippen molar-refractivity contribution in [1.29, 1.82) is 0 Å². The summed E-state index contributed by atoms with van der Waals surface area (Å²) >= 11 is 0. The Labute approximate surface area is 167 Å². The largest absolute Gasteiger partial charge is 0.348 e. The van der Waals surface area contributed by atoms with E-state index in [1.54, 1.807) is 19.1 Å². The average Bonchev–Trinajstić information content (AvgIpc) is 2.67. The van der Waals surface area contributed by atoms with Gasteiger partial charge in [0.2, 0.25) is 0 Å². The van der Waals surface area contributed by atoms with Crippen molar-refractivity contribution < 1.29 is 13.2 Å². The molecular formula is C22H28N2O3S. The molecule has 0 saturated carbocycles. The van der Waals surface area contributed by atoms with E-state index in [4.69, 9.17) is 0 Å². The molecule has 3 rings (SSSR count). The number of amides is 1. The molecule has 0 radical (unpaired) electrons. The average molecular weight is 401 g/mol. The van der Waals surface area contributed by atoms with Crippen LogP contribution in [0.2, 0.25) is 0 Å². The van der Waals surface area contributed by atoms with Crippen LogP contribution in [0, 0.1) is 6.92 Å². The van der Waals surface area contributed by atoms with Gasteiger partial charge in [0.25, 0.3) is 5.91 Å². The summed E-state index contributed by atoms with van der Waals surface area (Å²) < 4.78 is 23.7. The minimum atomic E-state index is -3.36. The van der Waals surface area contributed by atoms with Gasteiger partial charge < -0.3 is 5.32 Å². The number of hydrogen-bond acceptors (Lipinski definition) is 4. The molecule has 1 aliphatic heterocycles. The zero-order valence-corrected chi connectivity index (χ0v) is 17.4. The van der Waals surface area contributed by atoms with Crippen molar-refractivity contribution in [2.24, 2.45) is 0 Å². The first kappa shape index (κ1) is 20.6. The summed E-state index contributed by atoms with van der Waals surface area (Å²) in [5.41, 5.74) is 3.30. The first-order chi connectivity index (χ1) is 13.3. The molecule has 150 valence electrons. The Morgan fingerprint density at radius 2 is 1.64 bits per heavy atom. The van der Waals surface area contributed by atoms with Gasteiger partial charge in [0, 0.05) is 24.9 Å². The van der Waals surface area contributed by atoms with Gasteiger partial charge in [-0.25, -0.2) is 8.42 Å². The molecule has 0 aliphatic carbocycles. The number of nitrogens with zero attached hydrogens (tertiary/aromatic N) is 1. The molecule has 0 spiro atoms. The molecule has 1 amide bonds. The maximum Gasteiger partial charge on any atom is 0.251 e. The molecule has 2 aromatic carbocycles. The van der Waals surface area contributed by atoms with Crippen LogP contribution in [0.25, 0.3) is 0 Å². The van der Waals surface area contributed by atoms with Gasteiger partial charge in [0.15, 0.2) is 9.84 Å². The van der Waals surface area contributed by atoms with Crippen LogP contribution in [0.15, 0.2) is 47.4 Å². The number of nitrogens with one attached hydrogen (secondary N) is 1. The highest BCUT2D eigenvalue weighted by atomic mass is 32.2. The van der Waals surface area contributed by atoms with E-state index in [2.05, 4.69) is 22.3 Å². The van der Waals surface area contributed by atoms with E-state index in [1.807, 2.05) is 12.1 Å². The number of sulfone groups is 1. The number of carbonyl (C=O) groups excluding carboxylic acids is 1. The van der Waals surface area contributed by atoms with Crippen LogP contribution < -0.4 is 5.32 Å². The molecule has 28 heavy (non-hydrogen) atoms. The van der Waals surface area contributed by atoms with Crippen LogP contribution >= 0.6 is 0 Å². The number of rotatable bonds is 6. The molecule has 0 bridgehead atoms. The standard InChI is InChI=1S/C22H28N2O3S/c1-17-6-11-20(14-21(17)28(2,26)27)22(25)23-15-18-7-9-19(10-8-18)16-24-12-4-3-5-13-24/h6-11,14H,3-5,12-13,15-16H2,1-2H3,(H,23,25). The van der Waals surface area contributed by atoms with Gasteiger partial charge in [-0.15, -0.1) is 0 Å². The lowest BCUT2D eigenvalue weighted by Crippen LogP contribution is -2.29.